The average molecular weight is 248 g/mol. The molecule has 2 aliphatic heterocycles. The molecule has 0 aromatic heterocycles. The number of nitrogens with two attached hydrogens (primary N) is 1. The maximum absolute atomic E-state index is 6.43. The first-order valence-electron chi connectivity index (χ1n) is 6.62. The molecule has 1 aromatic carbocycles. The van der Waals surface area contributed by atoms with E-state index in [4.69, 9.17) is 15.2 Å². The normalized spacial score (nSPS) is 24.0. The molecule has 1 saturated heterocycles. The molecule has 0 spiro atoms. The van der Waals surface area contributed by atoms with Gasteiger partial charge in [-0.1, -0.05) is 0 Å². The topological polar surface area (TPSA) is 56.5 Å². The van der Waals surface area contributed by atoms with Crippen LogP contribution in [0.2, 0.25) is 0 Å². The first-order valence-corrected chi connectivity index (χ1v) is 6.62. The summed E-state index contributed by atoms with van der Waals surface area (Å²) in [7, 11) is 0. The van der Waals surface area contributed by atoms with Crippen LogP contribution in [0, 0.1) is 12.8 Å². The fourth-order valence-electron chi connectivity index (χ4n) is 2.86. The first-order chi connectivity index (χ1) is 8.75. The second-order valence-electron chi connectivity index (χ2n) is 5.19. The minimum atomic E-state index is 0.0762. The number of benzene rings is 1. The molecule has 2 heterocycles. The number of rotatable bonds is 2. The highest BCUT2D eigenvalue weighted by Gasteiger charge is 2.25. The Morgan fingerprint density at radius 3 is 2.83 bits per heavy atom. The molecule has 1 fully saturated rings. The van der Waals surface area contributed by atoms with Crippen molar-refractivity contribution in [1.29, 1.82) is 0 Å². The Balaban J connectivity index is 1.86. The minimum Gasteiger partial charge on any atom is -0.454 e. The zero-order valence-electron chi connectivity index (χ0n) is 10.7. The van der Waals surface area contributed by atoms with Gasteiger partial charge in [-0.25, -0.2) is 0 Å². The molecule has 4 nitrogen and oxygen atoms in total. The van der Waals surface area contributed by atoms with E-state index in [1.54, 1.807) is 0 Å². The molecule has 18 heavy (non-hydrogen) atoms. The predicted molar refractivity (Wildman–Crippen MR) is 69.8 cm³/mol. The lowest BCUT2D eigenvalue weighted by Gasteiger charge is -2.29. The molecule has 0 bridgehead atoms. The summed E-state index contributed by atoms with van der Waals surface area (Å²) in [6.45, 7) is 4.53. The summed E-state index contributed by atoms with van der Waals surface area (Å²) in [5, 5.41) is 3.42. The molecule has 3 rings (SSSR count). The van der Waals surface area contributed by atoms with Crippen molar-refractivity contribution in [1.82, 2.24) is 5.32 Å². The zero-order valence-corrected chi connectivity index (χ0v) is 10.7. The Morgan fingerprint density at radius 2 is 2.11 bits per heavy atom. The quantitative estimate of drug-likeness (QED) is 0.836. The molecule has 0 radical (unpaired) electrons. The number of ether oxygens (including phenoxy) is 2. The highest BCUT2D eigenvalue weighted by Crippen LogP contribution is 2.38. The van der Waals surface area contributed by atoms with Crippen LogP contribution in [-0.2, 0) is 0 Å². The third-order valence-corrected chi connectivity index (χ3v) is 3.96. The zero-order chi connectivity index (χ0) is 12.5. The summed E-state index contributed by atoms with van der Waals surface area (Å²) in [4.78, 5) is 0. The third-order valence-electron chi connectivity index (χ3n) is 3.96. The van der Waals surface area contributed by atoms with Crippen molar-refractivity contribution in [3.05, 3.63) is 23.3 Å². The van der Waals surface area contributed by atoms with E-state index in [1.807, 2.05) is 6.07 Å². The van der Waals surface area contributed by atoms with Crippen molar-refractivity contribution < 1.29 is 9.47 Å². The number of fused-ring (bicyclic) bond motifs is 1. The summed E-state index contributed by atoms with van der Waals surface area (Å²) < 4.78 is 10.8. The fraction of sp³-hybridized carbons (Fsp3) is 0.571. The summed E-state index contributed by atoms with van der Waals surface area (Å²) in [5.74, 6) is 2.18. The van der Waals surface area contributed by atoms with E-state index < -0.39 is 0 Å². The first kappa shape index (κ1) is 11.8. The molecule has 3 N–H and O–H groups in total. The van der Waals surface area contributed by atoms with Crippen molar-refractivity contribution in [3.8, 4) is 11.5 Å². The van der Waals surface area contributed by atoms with Gasteiger partial charge < -0.3 is 20.5 Å². The minimum absolute atomic E-state index is 0.0762. The second-order valence-corrected chi connectivity index (χ2v) is 5.19. The summed E-state index contributed by atoms with van der Waals surface area (Å²) in [6, 6.07) is 4.16. The van der Waals surface area contributed by atoms with Crippen LogP contribution in [0.25, 0.3) is 0 Å². The van der Waals surface area contributed by atoms with Crippen LogP contribution in [0.5, 0.6) is 11.5 Å². The standard InChI is InChI=1S/C14H20N2O2/c1-9-5-12-13(18-8-17-12)6-11(9)14(15)10-3-2-4-16-7-10/h5-6,10,14,16H,2-4,7-8,15H2,1H3. The maximum Gasteiger partial charge on any atom is 0.231 e. The van der Waals surface area contributed by atoms with Gasteiger partial charge in [0.2, 0.25) is 6.79 Å². The van der Waals surface area contributed by atoms with Crippen LogP contribution in [0.4, 0.5) is 0 Å². The van der Waals surface area contributed by atoms with Crippen molar-refractivity contribution in [2.45, 2.75) is 25.8 Å². The molecule has 2 unspecified atom stereocenters. The van der Waals surface area contributed by atoms with Crippen LogP contribution in [0.1, 0.15) is 30.0 Å². The molecule has 0 amide bonds. The van der Waals surface area contributed by atoms with Crippen molar-refractivity contribution in [2.75, 3.05) is 19.9 Å². The van der Waals surface area contributed by atoms with E-state index >= 15 is 0 Å². The van der Waals surface area contributed by atoms with Gasteiger partial charge in [0.15, 0.2) is 11.5 Å². The molecule has 2 atom stereocenters. The number of piperidine rings is 1. The van der Waals surface area contributed by atoms with Crippen molar-refractivity contribution in [2.24, 2.45) is 11.7 Å². The summed E-state index contributed by atoms with van der Waals surface area (Å²) in [6.07, 6.45) is 2.41. The molecule has 2 aliphatic rings. The van der Waals surface area contributed by atoms with Gasteiger partial charge in [-0.2, -0.15) is 0 Å². The van der Waals surface area contributed by atoms with E-state index in [0.29, 0.717) is 12.7 Å². The molecule has 0 aliphatic carbocycles. The Hall–Kier alpha value is -1.26. The molecule has 98 valence electrons. The van der Waals surface area contributed by atoms with Gasteiger partial charge in [-0.3, -0.25) is 0 Å². The van der Waals surface area contributed by atoms with Gasteiger partial charge >= 0.3 is 0 Å². The molecular formula is C14H20N2O2. The largest absolute Gasteiger partial charge is 0.454 e. The van der Waals surface area contributed by atoms with E-state index in [-0.39, 0.29) is 6.04 Å². The number of hydrogen-bond donors (Lipinski definition) is 2. The highest BCUT2D eigenvalue weighted by atomic mass is 16.7. The van der Waals surface area contributed by atoms with E-state index in [2.05, 4.69) is 18.3 Å². The van der Waals surface area contributed by atoms with Gasteiger partial charge in [-0.15, -0.1) is 0 Å². The van der Waals surface area contributed by atoms with Gasteiger partial charge in [0, 0.05) is 6.04 Å². The van der Waals surface area contributed by atoms with Crippen molar-refractivity contribution in [3.63, 3.8) is 0 Å². The molecular weight excluding hydrogens is 228 g/mol. The summed E-state index contributed by atoms with van der Waals surface area (Å²) in [5.41, 5.74) is 8.81. The Morgan fingerprint density at radius 1 is 1.33 bits per heavy atom. The fourth-order valence-corrected chi connectivity index (χ4v) is 2.86. The number of hydrogen-bond acceptors (Lipinski definition) is 4. The van der Waals surface area contributed by atoms with Crippen LogP contribution < -0.4 is 20.5 Å². The van der Waals surface area contributed by atoms with Gasteiger partial charge in [0.05, 0.1) is 0 Å². The van der Waals surface area contributed by atoms with Crippen LogP contribution >= 0.6 is 0 Å². The third kappa shape index (κ3) is 2.06. The predicted octanol–water partition coefficient (Wildman–Crippen LogP) is 1.72. The van der Waals surface area contributed by atoms with Crippen LogP contribution in [0.3, 0.4) is 0 Å². The lowest BCUT2D eigenvalue weighted by Crippen LogP contribution is -2.36. The Labute approximate surface area is 107 Å². The maximum atomic E-state index is 6.43. The number of aryl methyl sites for hydroxylation is 1. The second kappa shape index (κ2) is 4.78. The van der Waals surface area contributed by atoms with E-state index in [1.165, 1.54) is 24.0 Å². The highest BCUT2D eigenvalue weighted by molar-refractivity contribution is 5.49. The van der Waals surface area contributed by atoms with Gasteiger partial charge in [0.1, 0.15) is 0 Å². The Kier molecular flexibility index (Phi) is 3.14. The van der Waals surface area contributed by atoms with Gasteiger partial charge in [-0.05, 0) is 62.0 Å². The monoisotopic (exact) mass is 248 g/mol. The molecule has 0 saturated carbocycles. The van der Waals surface area contributed by atoms with Crippen molar-refractivity contribution >= 4 is 0 Å². The average Bonchev–Trinajstić information content (AvgIpc) is 2.85. The van der Waals surface area contributed by atoms with Crippen LogP contribution in [0.15, 0.2) is 12.1 Å². The Bertz CT molecular complexity index is 442. The van der Waals surface area contributed by atoms with Crippen LogP contribution in [-0.4, -0.2) is 19.9 Å². The molecule has 4 heteroatoms. The lowest BCUT2D eigenvalue weighted by atomic mass is 9.86. The smallest absolute Gasteiger partial charge is 0.231 e. The SMILES string of the molecule is Cc1cc2c(cc1C(N)C1CCCNC1)OCO2. The summed E-state index contributed by atoms with van der Waals surface area (Å²) >= 11 is 0. The van der Waals surface area contributed by atoms with E-state index in [0.717, 1.165) is 24.6 Å². The molecule has 1 aromatic rings. The van der Waals surface area contributed by atoms with E-state index in [9.17, 15) is 0 Å². The van der Waals surface area contributed by atoms with Gasteiger partial charge in [0.25, 0.3) is 0 Å². The lowest BCUT2D eigenvalue weighted by molar-refractivity contribution is 0.174. The number of nitrogens with one attached hydrogen (secondary N) is 1.